The monoisotopic (exact) mass is 506 g/mol. The molecule has 1 aromatic heterocycles. The highest BCUT2D eigenvalue weighted by molar-refractivity contribution is 5.94. The molecule has 8 nitrogen and oxygen atoms in total. The largest absolute Gasteiger partial charge is 0.366 e. The van der Waals surface area contributed by atoms with E-state index in [2.05, 4.69) is 70.5 Å². The van der Waals surface area contributed by atoms with Crippen LogP contribution >= 0.6 is 0 Å². The summed E-state index contributed by atoms with van der Waals surface area (Å²) in [6.07, 6.45) is 5.21. The average molecular weight is 507 g/mol. The van der Waals surface area contributed by atoms with E-state index in [-0.39, 0.29) is 23.1 Å². The van der Waals surface area contributed by atoms with E-state index in [1.807, 2.05) is 11.8 Å². The molecule has 2 saturated heterocycles. The van der Waals surface area contributed by atoms with Gasteiger partial charge in [0.15, 0.2) is 0 Å². The molecule has 8 heteroatoms. The van der Waals surface area contributed by atoms with Crippen molar-refractivity contribution in [2.75, 3.05) is 38.5 Å². The molecule has 1 aromatic carbocycles. The third-order valence-corrected chi connectivity index (χ3v) is 7.98. The van der Waals surface area contributed by atoms with Crippen LogP contribution in [0.25, 0.3) is 0 Å². The Balaban J connectivity index is 1.31. The Morgan fingerprint density at radius 1 is 0.973 bits per heavy atom. The van der Waals surface area contributed by atoms with Crippen molar-refractivity contribution < 1.29 is 9.59 Å². The zero-order valence-electron chi connectivity index (χ0n) is 23.0. The smallest absolute Gasteiger partial charge is 0.272 e. The first-order valence-corrected chi connectivity index (χ1v) is 13.6. The van der Waals surface area contributed by atoms with E-state index in [1.165, 1.54) is 17.5 Å². The van der Waals surface area contributed by atoms with Gasteiger partial charge in [-0.1, -0.05) is 45.0 Å². The summed E-state index contributed by atoms with van der Waals surface area (Å²) in [5, 5.41) is 6.17. The Morgan fingerprint density at radius 2 is 1.62 bits per heavy atom. The number of rotatable bonds is 6. The molecular formula is C29H42N6O2. The summed E-state index contributed by atoms with van der Waals surface area (Å²) >= 11 is 0. The highest BCUT2D eigenvalue weighted by Gasteiger charge is 2.32. The molecule has 4 rings (SSSR count). The summed E-state index contributed by atoms with van der Waals surface area (Å²) in [4.78, 5) is 38.5. The van der Waals surface area contributed by atoms with E-state index < -0.39 is 0 Å². The fraction of sp³-hybridized carbons (Fsp3) is 0.586. The molecular weight excluding hydrogens is 464 g/mol. The van der Waals surface area contributed by atoms with Crippen LogP contribution in [-0.4, -0.2) is 70.9 Å². The van der Waals surface area contributed by atoms with Gasteiger partial charge in [0.25, 0.3) is 5.91 Å². The Bertz CT molecular complexity index is 1080. The van der Waals surface area contributed by atoms with E-state index >= 15 is 0 Å². The maximum atomic E-state index is 13.4. The number of benzene rings is 1. The van der Waals surface area contributed by atoms with E-state index in [4.69, 9.17) is 0 Å². The van der Waals surface area contributed by atoms with Gasteiger partial charge in [0.2, 0.25) is 5.91 Å². The third kappa shape index (κ3) is 6.47. The summed E-state index contributed by atoms with van der Waals surface area (Å²) in [6.45, 7) is 12.6. The number of carbonyl (C=O) groups is 2. The zero-order chi connectivity index (χ0) is 26.6. The molecule has 2 amide bonds. The quantitative estimate of drug-likeness (QED) is 0.620. The highest BCUT2D eigenvalue weighted by atomic mass is 16.2. The Labute approximate surface area is 221 Å². The lowest BCUT2D eigenvalue weighted by atomic mass is 9.87. The van der Waals surface area contributed by atoms with Crippen molar-refractivity contribution in [2.24, 2.45) is 5.92 Å². The van der Waals surface area contributed by atoms with Gasteiger partial charge in [-0.25, -0.2) is 9.97 Å². The van der Waals surface area contributed by atoms with Crippen LogP contribution in [0.1, 0.15) is 73.6 Å². The first-order chi connectivity index (χ1) is 17.7. The van der Waals surface area contributed by atoms with Crippen molar-refractivity contribution in [1.82, 2.24) is 25.1 Å². The fourth-order valence-electron chi connectivity index (χ4n) is 5.47. The standard InChI is InChI=1S/C29H42N6O2/c1-20-25(32-19-33-26(20)31-18-21-6-8-23(9-7-21)29(2,3)4)28(37)35-16-12-24(13-17-35)34-14-10-22(11-15-34)27(36)30-5/h6-9,19,22,24H,10-18H2,1-5H3,(H,30,36)(H,31,32,33). The summed E-state index contributed by atoms with van der Waals surface area (Å²) < 4.78 is 0. The van der Waals surface area contributed by atoms with Crippen LogP contribution in [0.4, 0.5) is 5.82 Å². The fourth-order valence-corrected chi connectivity index (χ4v) is 5.47. The minimum Gasteiger partial charge on any atom is -0.366 e. The number of amides is 2. The molecule has 200 valence electrons. The second-order valence-corrected chi connectivity index (χ2v) is 11.4. The Morgan fingerprint density at radius 3 is 2.22 bits per heavy atom. The molecule has 0 unspecified atom stereocenters. The maximum absolute atomic E-state index is 13.4. The van der Waals surface area contributed by atoms with Crippen molar-refractivity contribution >= 4 is 17.6 Å². The Hall–Kier alpha value is -3.00. The second kappa shape index (κ2) is 11.6. The van der Waals surface area contributed by atoms with Crippen molar-refractivity contribution in [2.45, 2.75) is 71.4 Å². The van der Waals surface area contributed by atoms with Gasteiger partial charge in [0.05, 0.1) is 0 Å². The maximum Gasteiger partial charge on any atom is 0.272 e. The zero-order valence-corrected chi connectivity index (χ0v) is 23.0. The van der Waals surface area contributed by atoms with Crippen molar-refractivity contribution in [3.05, 3.63) is 53.0 Å². The second-order valence-electron chi connectivity index (χ2n) is 11.4. The van der Waals surface area contributed by atoms with Gasteiger partial charge >= 0.3 is 0 Å². The van der Waals surface area contributed by atoms with E-state index in [0.717, 1.165) is 57.4 Å². The molecule has 2 N–H and O–H groups in total. The van der Waals surface area contributed by atoms with Gasteiger partial charge in [0, 0.05) is 44.2 Å². The van der Waals surface area contributed by atoms with Crippen LogP contribution in [0.15, 0.2) is 30.6 Å². The predicted octanol–water partition coefficient (Wildman–Crippen LogP) is 3.76. The molecule has 3 heterocycles. The Kier molecular flexibility index (Phi) is 8.47. The highest BCUT2D eigenvalue weighted by Crippen LogP contribution is 2.26. The minimum absolute atomic E-state index is 0.0192. The number of likely N-dealkylation sites (tertiary alicyclic amines) is 2. The lowest BCUT2D eigenvalue weighted by Gasteiger charge is -2.41. The first kappa shape index (κ1) is 27.0. The van der Waals surface area contributed by atoms with Gasteiger partial charge in [-0.15, -0.1) is 0 Å². The molecule has 0 spiro atoms. The van der Waals surface area contributed by atoms with Gasteiger partial charge in [-0.2, -0.15) is 0 Å². The van der Waals surface area contributed by atoms with Crippen LogP contribution < -0.4 is 10.6 Å². The summed E-state index contributed by atoms with van der Waals surface area (Å²) in [5.41, 5.74) is 3.87. The van der Waals surface area contributed by atoms with E-state index in [0.29, 0.717) is 24.1 Å². The summed E-state index contributed by atoms with van der Waals surface area (Å²) in [6, 6.07) is 9.10. The van der Waals surface area contributed by atoms with Crippen molar-refractivity contribution in [3.8, 4) is 0 Å². The minimum atomic E-state index is -0.0192. The number of nitrogens with one attached hydrogen (secondary N) is 2. The number of hydrogen-bond acceptors (Lipinski definition) is 6. The topological polar surface area (TPSA) is 90.5 Å². The molecule has 2 aliphatic rings. The number of piperidine rings is 2. The molecule has 2 aromatic rings. The van der Waals surface area contributed by atoms with Crippen molar-refractivity contribution in [3.63, 3.8) is 0 Å². The summed E-state index contributed by atoms with van der Waals surface area (Å²) in [5.74, 6) is 0.975. The number of nitrogens with zero attached hydrogens (tertiary/aromatic N) is 4. The number of anilines is 1. The molecule has 0 atom stereocenters. The van der Waals surface area contributed by atoms with Crippen LogP contribution in [-0.2, 0) is 16.8 Å². The van der Waals surface area contributed by atoms with Crippen LogP contribution in [0, 0.1) is 12.8 Å². The molecule has 0 radical (unpaired) electrons. The summed E-state index contributed by atoms with van der Waals surface area (Å²) in [7, 11) is 1.71. The van der Waals surface area contributed by atoms with E-state index in [9.17, 15) is 9.59 Å². The SMILES string of the molecule is CNC(=O)C1CCN(C2CCN(C(=O)c3ncnc(NCc4ccc(C(C)(C)C)cc4)c3C)CC2)CC1. The lowest BCUT2D eigenvalue weighted by Crippen LogP contribution is -2.50. The predicted molar refractivity (Wildman–Crippen MR) is 147 cm³/mol. The molecule has 2 aliphatic heterocycles. The van der Waals surface area contributed by atoms with Gasteiger partial charge in [0.1, 0.15) is 17.8 Å². The van der Waals surface area contributed by atoms with Crippen LogP contribution in [0.2, 0.25) is 0 Å². The molecule has 37 heavy (non-hydrogen) atoms. The third-order valence-electron chi connectivity index (χ3n) is 7.98. The molecule has 2 fully saturated rings. The van der Waals surface area contributed by atoms with Crippen LogP contribution in [0.3, 0.4) is 0 Å². The lowest BCUT2D eigenvalue weighted by molar-refractivity contribution is -0.126. The van der Waals surface area contributed by atoms with Gasteiger partial charge in [-0.05, 0) is 62.2 Å². The molecule has 0 saturated carbocycles. The molecule has 0 aliphatic carbocycles. The normalized spacial score (nSPS) is 18.0. The van der Waals surface area contributed by atoms with Crippen LogP contribution in [0.5, 0.6) is 0 Å². The average Bonchev–Trinajstić information content (AvgIpc) is 2.91. The first-order valence-electron chi connectivity index (χ1n) is 13.6. The van der Waals surface area contributed by atoms with Gasteiger partial charge < -0.3 is 20.4 Å². The number of carbonyl (C=O) groups excluding carboxylic acids is 2. The van der Waals surface area contributed by atoms with Crippen molar-refractivity contribution in [1.29, 1.82) is 0 Å². The number of aromatic nitrogens is 2. The molecule has 0 bridgehead atoms. The van der Waals surface area contributed by atoms with E-state index in [1.54, 1.807) is 7.05 Å². The number of hydrogen-bond donors (Lipinski definition) is 2. The van der Waals surface area contributed by atoms with Gasteiger partial charge in [-0.3, -0.25) is 9.59 Å².